The van der Waals surface area contributed by atoms with Gasteiger partial charge in [0, 0.05) is 10.6 Å². The van der Waals surface area contributed by atoms with Gasteiger partial charge in [0.1, 0.15) is 0 Å². The number of hydrogen-bond donors (Lipinski definition) is 2. The Balaban J connectivity index is 2.27. The average Bonchev–Trinajstić information content (AvgIpc) is 2.83. The summed E-state index contributed by atoms with van der Waals surface area (Å²) in [6, 6.07) is 10.4. The third kappa shape index (κ3) is 3.14. The predicted molar refractivity (Wildman–Crippen MR) is 91.6 cm³/mol. The third-order valence-corrected chi connectivity index (χ3v) is 8.65. The molecule has 0 saturated carbocycles. The van der Waals surface area contributed by atoms with Crippen molar-refractivity contribution in [1.29, 1.82) is 0 Å². The monoisotopic (exact) mass is 305 g/mol. The number of benzene rings is 1. The van der Waals surface area contributed by atoms with E-state index in [9.17, 15) is 4.80 Å². The molecule has 2 nitrogen and oxygen atoms in total. The quantitative estimate of drug-likeness (QED) is 0.644. The first-order valence-corrected chi connectivity index (χ1v) is 10.7. The molecule has 108 valence electrons. The zero-order chi connectivity index (χ0) is 15.0. The van der Waals surface area contributed by atoms with Crippen LogP contribution in [0.2, 0.25) is 18.1 Å². The highest BCUT2D eigenvalue weighted by molar-refractivity contribution is 7.13. The molecule has 1 aromatic heterocycles. The second-order valence-corrected chi connectivity index (χ2v) is 11.9. The maximum Gasteiger partial charge on any atom is 0.188 e. The van der Waals surface area contributed by atoms with Crippen LogP contribution in [0.3, 0.4) is 0 Å². The molecule has 0 spiro atoms. The minimum absolute atomic E-state index is 0.0917. The normalized spacial score (nSPS) is 12.7. The van der Waals surface area contributed by atoms with E-state index in [1.54, 1.807) is 11.3 Å². The SMILES string of the molecule is CC(C)(Cc1ccc(-c2cccs2)cc1N)[Si](C)(C)O. The van der Waals surface area contributed by atoms with Crippen LogP contribution < -0.4 is 5.73 Å². The van der Waals surface area contributed by atoms with Gasteiger partial charge in [0.25, 0.3) is 0 Å². The van der Waals surface area contributed by atoms with Gasteiger partial charge in [-0.2, -0.15) is 0 Å². The van der Waals surface area contributed by atoms with Crippen LogP contribution in [-0.2, 0) is 6.42 Å². The molecule has 2 aromatic rings. The lowest BCUT2D eigenvalue weighted by atomic mass is 9.98. The van der Waals surface area contributed by atoms with Crippen molar-refractivity contribution >= 4 is 25.3 Å². The highest BCUT2D eigenvalue weighted by Gasteiger charge is 2.38. The third-order valence-electron chi connectivity index (χ3n) is 4.24. The summed E-state index contributed by atoms with van der Waals surface area (Å²) in [6.45, 7) is 8.24. The van der Waals surface area contributed by atoms with E-state index in [2.05, 4.69) is 37.4 Å². The number of nitrogen functional groups attached to an aromatic ring is 1. The smallest absolute Gasteiger partial charge is 0.188 e. The molecule has 0 aliphatic rings. The van der Waals surface area contributed by atoms with Crippen LogP contribution in [0.4, 0.5) is 5.69 Å². The number of nitrogens with two attached hydrogens (primary N) is 1. The molecule has 0 bridgehead atoms. The maximum atomic E-state index is 10.4. The average molecular weight is 306 g/mol. The molecular formula is C16H23NOSSi. The number of thiophene rings is 1. The van der Waals surface area contributed by atoms with E-state index >= 15 is 0 Å². The molecule has 0 radical (unpaired) electrons. The van der Waals surface area contributed by atoms with Gasteiger partial charge in [0.2, 0.25) is 0 Å². The van der Waals surface area contributed by atoms with Crippen molar-refractivity contribution in [1.82, 2.24) is 0 Å². The van der Waals surface area contributed by atoms with Crippen LogP contribution >= 0.6 is 11.3 Å². The Morgan fingerprint density at radius 1 is 1.25 bits per heavy atom. The first-order valence-electron chi connectivity index (χ1n) is 6.85. The van der Waals surface area contributed by atoms with Crippen molar-refractivity contribution in [3.8, 4) is 10.4 Å². The van der Waals surface area contributed by atoms with Crippen LogP contribution in [0.15, 0.2) is 35.7 Å². The Bertz CT molecular complexity index is 585. The lowest BCUT2D eigenvalue weighted by Crippen LogP contribution is -2.40. The fourth-order valence-electron chi connectivity index (χ4n) is 2.04. The van der Waals surface area contributed by atoms with E-state index in [0.717, 1.165) is 17.7 Å². The molecule has 1 aromatic carbocycles. The predicted octanol–water partition coefficient (Wildman–Crippen LogP) is 4.52. The van der Waals surface area contributed by atoms with Gasteiger partial charge in [-0.3, -0.25) is 0 Å². The fraction of sp³-hybridized carbons (Fsp3) is 0.375. The summed E-state index contributed by atoms with van der Waals surface area (Å²) >= 11 is 1.72. The minimum Gasteiger partial charge on any atom is -0.432 e. The summed E-state index contributed by atoms with van der Waals surface area (Å²) in [7, 11) is -2.21. The summed E-state index contributed by atoms with van der Waals surface area (Å²) in [5.41, 5.74) is 9.33. The molecule has 0 amide bonds. The van der Waals surface area contributed by atoms with Crippen LogP contribution in [0.5, 0.6) is 0 Å². The van der Waals surface area contributed by atoms with Gasteiger partial charge < -0.3 is 10.5 Å². The lowest BCUT2D eigenvalue weighted by Gasteiger charge is -2.35. The molecule has 20 heavy (non-hydrogen) atoms. The summed E-state index contributed by atoms with van der Waals surface area (Å²) in [5.74, 6) is 0. The zero-order valence-corrected chi connectivity index (χ0v) is 14.4. The fourth-order valence-corrected chi connectivity index (χ4v) is 3.39. The molecule has 0 fully saturated rings. The van der Waals surface area contributed by atoms with Gasteiger partial charge in [0.05, 0.1) is 0 Å². The van der Waals surface area contributed by atoms with E-state index in [1.165, 1.54) is 10.4 Å². The van der Waals surface area contributed by atoms with Crippen molar-refractivity contribution < 1.29 is 4.80 Å². The van der Waals surface area contributed by atoms with Crippen molar-refractivity contribution in [2.24, 2.45) is 0 Å². The molecule has 2 rings (SSSR count). The lowest BCUT2D eigenvalue weighted by molar-refractivity contribution is 0.468. The van der Waals surface area contributed by atoms with E-state index < -0.39 is 8.32 Å². The first kappa shape index (κ1) is 15.3. The van der Waals surface area contributed by atoms with E-state index in [4.69, 9.17) is 5.73 Å². The van der Waals surface area contributed by atoms with Gasteiger partial charge >= 0.3 is 0 Å². The van der Waals surface area contributed by atoms with Crippen LogP contribution in [-0.4, -0.2) is 13.1 Å². The largest absolute Gasteiger partial charge is 0.432 e. The van der Waals surface area contributed by atoms with Gasteiger partial charge in [-0.25, -0.2) is 0 Å². The molecule has 1 heterocycles. The Morgan fingerprint density at radius 3 is 2.45 bits per heavy atom. The summed E-state index contributed by atoms with van der Waals surface area (Å²) in [6.07, 6.45) is 0.819. The van der Waals surface area contributed by atoms with Crippen LogP contribution in [0.1, 0.15) is 19.4 Å². The molecule has 0 aliphatic heterocycles. The Kier molecular flexibility index (Phi) is 4.09. The molecule has 0 saturated heterocycles. The standard InChI is InChI=1S/C16H23NOSSi/c1-16(2,20(3,4)18)11-13-8-7-12(10-14(13)17)15-6-5-9-19-15/h5-10,18H,11,17H2,1-4H3. The van der Waals surface area contributed by atoms with E-state index in [0.29, 0.717) is 0 Å². The Labute approximate surface area is 126 Å². The second kappa shape index (κ2) is 5.35. The molecule has 4 heteroatoms. The van der Waals surface area contributed by atoms with Crippen molar-refractivity contribution in [3.63, 3.8) is 0 Å². The summed E-state index contributed by atoms with van der Waals surface area (Å²) < 4.78 is 0. The second-order valence-electron chi connectivity index (χ2n) is 6.51. The van der Waals surface area contributed by atoms with E-state index in [-0.39, 0.29) is 5.04 Å². The first-order chi connectivity index (χ1) is 9.21. The summed E-state index contributed by atoms with van der Waals surface area (Å²) in [4.78, 5) is 11.6. The van der Waals surface area contributed by atoms with Gasteiger partial charge in [0.15, 0.2) is 8.32 Å². The molecule has 0 aliphatic carbocycles. The topological polar surface area (TPSA) is 46.2 Å². The van der Waals surface area contributed by atoms with Crippen molar-refractivity contribution in [3.05, 3.63) is 41.3 Å². The molecule has 0 unspecified atom stereocenters. The van der Waals surface area contributed by atoms with Crippen molar-refractivity contribution in [2.75, 3.05) is 5.73 Å². The number of hydrogen-bond acceptors (Lipinski definition) is 3. The maximum absolute atomic E-state index is 10.4. The summed E-state index contributed by atoms with van der Waals surface area (Å²) in [5, 5.41) is 1.98. The van der Waals surface area contributed by atoms with Crippen LogP contribution in [0.25, 0.3) is 10.4 Å². The minimum atomic E-state index is -2.21. The molecule has 0 atom stereocenters. The Hall–Kier alpha value is -1.10. The van der Waals surface area contributed by atoms with Crippen LogP contribution in [0, 0.1) is 0 Å². The highest BCUT2D eigenvalue weighted by Crippen LogP contribution is 2.40. The van der Waals surface area contributed by atoms with Gasteiger partial charge in [-0.15, -0.1) is 11.3 Å². The molecular weight excluding hydrogens is 282 g/mol. The van der Waals surface area contributed by atoms with Gasteiger partial charge in [-0.05, 0) is 53.2 Å². The van der Waals surface area contributed by atoms with Gasteiger partial charge in [-0.1, -0.05) is 32.0 Å². The highest BCUT2D eigenvalue weighted by atomic mass is 32.1. The zero-order valence-electron chi connectivity index (χ0n) is 12.6. The Morgan fingerprint density at radius 2 is 1.95 bits per heavy atom. The number of anilines is 1. The number of rotatable bonds is 4. The molecule has 3 N–H and O–H groups in total. The van der Waals surface area contributed by atoms with Crippen molar-refractivity contribution in [2.45, 2.75) is 38.4 Å². The van der Waals surface area contributed by atoms with E-state index in [1.807, 2.05) is 25.2 Å².